The first-order valence-electron chi connectivity index (χ1n) is 5.84. The minimum atomic E-state index is -4.38. The summed E-state index contributed by atoms with van der Waals surface area (Å²) < 4.78 is 43.8. The Bertz CT molecular complexity index is 347. The van der Waals surface area contributed by atoms with Gasteiger partial charge in [-0.2, -0.15) is 13.2 Å². The number of Topliss-reactive ketones (excluding diaryl/α,β-unsaturated/α-hetero) is 1. The van der Waals surface area contributed by atoms with Gasteiger partial charge in [0.2, 0.25) is 0 Å². The summed E-state index contributed by atoms with van der Waals surface area (Å²) in [4.78, 5) is 13.2. The van der Waals surface area contributed by atoms with Crippen molar-refractivity contribution in [3.63, 3.8) is 0 Å². The van der Waals surface area contributed by atoms with Crippen molar-refractivity contribution >= 4 is 5.78 Å². The molecule has 0 aliphatic carbocycles. The van der Waals surface area contributed by atoms with Crippen molar-refractivity contribution in [3.8, 4) is 0 Å². The summed E-state index contributed by atoms with van der Waals surface area (Å²) in [5, 5.41) is 9.44. The van der Waals surface area contributed by atoms with Gasteiger partial charge in [0.15, 0.2) is 5.78 Å². The van der Waals surface area contributed by atoms with Crippen LogP contribution in [-0.2, 0) is 9.53 Å². The molecule has 0 unspecified atom stereocenters. The summed E-state index contributed by atoms with van der Waals surface area (Å²) >= 11 is 0. The van der Waals surface area contributed by atoms with E-state index in [0.717, 1.165) is 4.90 Å². The van der Waals surface area contributed by atoms with Gasteiger partial charge >= 0.3 is 6.18 Å². The summed E-state index contributed by atoms with van der Waals surface area (Å²) in [6.45, 7) is -0.668. The number of aliphatic hydroxyl groups excluding tert-OH is 1. The normalized spacial score (nSPS) is 40.3. The molecule has 3 aliphatic heterocycles. The number of ether oxygens (including phenoxy) is 1. The number of aliphatic hydroxyl groups is 1. The highest BCUT2D eigenvalue weighted by molar-refractivity contribution is 5.92. The first kappa shape index (κ1) is 13.8. The zero-order valence-electron chi connectivity index (χ0n) is 10.0. The fraction of sp³-hybridized carbons (Fsp3) is 0.909. The smallest absolute Gasteiger partial charge is 0.394 e. The van der Waals surface area contributed by atoms with E-state index in [0.29, 0.717) is 6.42 Å². The van der Waals surface area contributed by atoms with E-state index in [1.165, 1.54) is 7.11 Å². The van der Waals surface area contributed by atoms with E-state index in [1.54, 1.807) is 0 Å². The number of carbonyl (C=O) groups is 1. The van der Waals surface area contributed by atoms with E-state index >= 15 is 0 Å². The lowest BCUT2D eigenvalue weighted by molar-refractivity contribution is -0.234. The SMILES string of the molecule is COC[C@@]1(CO)C(=O)[C@@H]2CC[N@@]1[C@H](C(F)(F)F)C2. The van der Waals surface area contributed by atoms with Crippen molar-refractivity contribution in [1.82, 2.24) is 4.90 Å². The molecule has 4 atom stereocenters. The number of hydrogen-bond acceptors (Lipinski definition) is 4. The van der Waals surface area contributed by atoms with Crippen LogP contribution in [0.4, 0.5) is 13.2 Å². The Kier molecular flexibility index (Phi) is 3.42. The van der Waals surface area contributed by atoms with Crippen molar-refractivity contribution in [3.05, 3.63) is 0 Å². The van der Waals surface area contributed by atoms with Crippen LogP contribution in [0.25, 0.3) is 0 Å². The van der Waals surface area contributed by atoms with Gasteiger partial charge in [0.1, 0.15) is 11.6 Å². The molecule has 3 heterocycles. The minimum Gasteiger partial charge on any atom is -0.394 e. The van der Waals surface area contributed by atoms with Crippen molar-refractivity contribution < 1.29 is 27.8 Å². The monoisotopic (exact) mass is 267 g/mol. The molecule has 104 valence electrons. The first-order chi connectivity index (χ1) is 8.36. The van der Waals surface area contributed by atoms with Crippen LogP contribution in [0, 0.1) is 5.92 Å². The maximum atomic E-state index is 13.0. The van der Waals surface area contributed by atoms with Crippen LogP contribution < -0.4 is 0 Å². The van der Waals surface area contributed by atoms with Crippen LogP contribution >= 0.6 is 0 Å². The number of piperidine rings is 3. The van der Waals surface area contributed by atoms with E-state index in [4.69, 9.17) is 4.74 Å². The number of nitrogens with zero attached hydrogens (tertiary/aromatic N) is 1. The minimum absolute atomic E-state index is 0.171. The predicted octanol–water partition coefficient (Wildman–Crippen LogP) is 0.590. The summed E-state index contributed by atoms with van der Waals surface area (Å²) in [6, 6.07) is -1.66. The second kappa shape index (κ2) is 4.47. The zero-order chi connectivity index (χ0) is 13.6. The van der Waals surface area contributed by atoms with Gasteiger partial charge in [0, 0.05) is 19.6 Å². The van der Waals surface area contributed by atoms with Crippen LogP contribution in [0.3, 0.4) is 0 Å². The highest BCUT2D eigenvalue weighted by atomic mass is 19.4. The number of halogens is 3. The summed E-state index contributed by atoms with van der Waals surface area (Å²) in [5.41, 5.74) is -1.52. The molecule has 3 aliphatic rings. The predicted molar refractivity (Wildman–Crippen MR) is 56.0 cm³/mol. The Morgan fingerprint density at radius 1 is 1.56 bits per heavy atom. The van der Waals surface area contributed by atoms with Gasteiger partial charge < -0.3 is 9.84 Å². The maximum Gasteiger partial charge on any atom is 0.404 e. The Morgan fingerprint density at radius 2 is 2.22 bits per heavy atom. The molecule has 3 fully saturated rings. The molecule has 3 rings (SSSR count). The molecule has 0 amide bonds. The van der Waals surface area contributed by atoms with Crippen molar-refractivity contribution in [1.29, 1.82) is 0 Å². The molecule has 0 saturated carbocycles. The summed E-state index contributed by atoms with van der Waals surface area (Å²) in [7, 11) is 1.32. The van der Waals surface area contributed by atoms with Crippen LogP contribution in [0.1, 0.15) is 12.8 Å². The van der Waals surface area contributed by atoms with Crippen LogP contribution in [0.2, 0.25) is 0 Å². The maximum absolute atomic E-state index is 13.0. The van der Waals surface area contributed by atoms with Gasteiger partial charge in [-0.25, -0.2) is 0 Å². The van der Waals surface area contributed by atoms with E-state index in [1.807, 2.05) is 0 Å². The van der Waals surface area contributed by atoms with E-state index in [2.05, 4.69) is 0 Å². The molecule has 2 bridgehead atoms. The molecule has 0 aromatic heterocycles. The van der Waals surface area contributed by atoms with Crippen molar-refractivity contribution in [2.45, 2.75) is 30.6 Å². The largest absolute Gasteiger partial charge is 0.404 e. The lowest BCUT2D eigenvalue weighted by Gasteiger charge is -2.55. The molecule has 0 radical (unpaired) electrons. The van der Waals surface area contributed by atoms with Crippen molar-refractivity contribution in [2.75, 3.05) is 26.9 Å². The van der Waals surface area contributed by atoms with Crippen molar-refractivity contribution in [2.24, 2.45) is 5.92 Å². The van der Waals surface area contributed by atoms with E-state index in [-0.39, 0.29) is 25.4 Å². The molecule has 18 heavy (non-hydrogen) atoms. The number of hydrogen-bond donors (Lipinski definition) is 1. The van der Waals surface area contributed by atoms with E-state index < -0.39 is 30.3 Å². The average molecular weight is 267 g/mol. The fourth-order valence-corrected chi connectivity index (χ4v) is 3.15. The molecule has 7 heteroatoms. The molecule has 0 aromatic rings. The Labute approximate surface area is 103 Å². The molecule has 3 saturated heterocycles. The number of ketones is 1. The highest BCUT2D eigenvalue weighted by Gasteiger charge is 2.62. The molecular weight excluding hydrogens is 251 g/mol. The van der Waals surface area contributed by atoms with Gasteiger partial charge in [0.05, 0.1) is 13.2 Å². The van der Waals surface area contributed by atoms with Gasteiger partial charge in [-0.3, -0.25) is 9.69 Å². The topological polar surface area (TPSA) is 49.8 Å². The standard InChI is InChI=1S/C11H16F3NO3/c1-18-6-10(5-16)9(17)7-2-3-15(10)8(4-7)11(12,13)14/h7-8,16H,2-6H2,1H3/t7-,8+,10+/m1/s1. The third-order valence-corrected chi connectivity index (χ3v) is 4.00. The first-order valence-corrected chi connectivity index (χ1v) is 5.84. The lowest BCUT2D eigenvalue weighted by Crippen LogP contribution is -2.74. The second-order valence-corrected chi connectivity index (χ2v) is 4.96. The fourth-order valence-electron chi connectivity index (χ4n) is 3.15. The number of alkyl halides is 3. The molecular formula is C11H16F3NO3. The lowest BCUT2D eigenvalue weighted by atomic mass is 9.70. The average Bonchev–Trinajstić information content (AvgIpc) is 2.32. The number of rotatable bonds is 3. The molecule has 0 spiro atoms. The third-order valence-electron chi connectivity index (χ3n) is 4.00. The quantitative estimate of drug-likeness (QED) is 0.813. The van der Waals surface area contributed by atoms with Gasteiger partial charge in [-0.05, 0) is 12.8 Å². The Balaban J connectivity index is 2.37. The number of methoxy groups -OCH3 is 1. The summed E-state index contributed by atoms with van der Waals surface area (Å²) in [6.07, 6.45) is -4.15. The van der Waals surface area contributed by atoms with Gasteiger partial charge in [-0.1, -0.05) is 0 Å². The van der Waals surface area contributed by atoms with Crippen LogP contribution in [0.5, 0.6) is 0 Å². The highest BCUT2D eigenvalue weighted by Crippen LogP contribution is 2.45. The molecule has 4 nitrogen and oxygen atoms in total. The zero-order valence-corrected chi connectivity index (χ0v) is 10.0. The van der Waals surface area contributed by atoms with E-state index in [9.17, 15) is 23.1 Å². The second-order valence-electron chi connectivity index (χ2n) is 4.96. The summed E-state index contributed by atoms with van der Waals surface area (Å²) in [5.74, 6) is -0.942. The van der Waals surface area contributed by atoms with Crippen LogP contribution in [-0.4, -0.2) is 60.4 Å². The number of fused-ring (bicyclic) bond motifs is 3. The van der Waals surface area contributed by atoms with Gasteiger partial charge in [-0.15, -0.1) is 0 Å². The van der Waals surface area contributed by atoms with Crippen LogP contribution in [0.15, 0.2) is 0 Å². The molecule has 1 N–H and O–H groups in total. The van der Waals surface area contributed by atoms with Gasteiger partial charge in [0.25, 0.3) is 0 Å². The Morgan fingerprint density at radius 3 is 2.72 bits per heavy atom. The molecule has 0 aromatic carbocycles. The third kappa shape index (κ3) is 1.85. The Hall–Kier alpha value is -0.660. The number of carbonyl (C=O) groups excluding carboxylic acids is 1.